The molecule has 1 heterocycles. The summed E-state index contributed by atoms with van der Waals surface area (Å²) in [6, 6.07) is 6.40. The van der Waals surface area contributed by atoms with E-state index in [0.717, 1.165) is 18.4 Å². The zero-order valence-corrected chi connectivity index (χ0v) is 11.9. The van der Waals surface area contributed by atoms with Gasteiger partial charge in [-0.1, -0.05) is 12.1 Å². The van der Waals surface area contributed by atoms with Crippen molar-refractivity contribution in [3.05, 3.63) is 39.9 Å². The molecule has 0 aromatic heterocycles. The van der Waals surface area contributed by atoms with E-state index in [2.05, 4.69) is 5.32 Å². The van der Waals surface area contributed by atoms with Crippen LogP contribution in [0.2, 0.25) is 0 Å². The Hall–Kier alpha value is -1.99. The lowest BCUT2D eigenvalue weighted by Crippen LogP contribution is -2.31. The van der Waals surface area contributed by atoms with Crippen molar-refractivity contribution >= 4 is 11.6 Å². The first kappa shape index (κ1) is 15.4. The van der Waals surface area contributed by atoms with Crippen LogP contribution in [0.1, 0.15) is 24.6 Å². The van der Waals surface area contributed by atoms with Crippen molar-refractivity contribution in [1.29, 1.82) is 0 Å². The zero-order valence-electron chi connectivity index (χ0n) is 11.9. The van der Waals surface area contributed by atoms with E-state index in [1.165, 1.54) is 12.1 Å². The highest BCUT2D eigenvalue weighted by molar-refractivity contribution is 5.81. The maximum Gasteiger partial charge on any atom is 0.269 e. The van der Waals surface area contributed by atoms with Crippen LogP contribution in [0.25, 0.3) is 0 Å². The molecule has 1 aromatic carbocycles. The molecule has 1 aliphatic rings. The number of ether oxygens (including phenoxy) is 1. The average Bonchev–Trinajstić information content (AvgIpc) is 2.85. The van der Waals surface area contributed by atoms with Gasteiger partial charge in [0.25, 0.3) is 5.69 Å². The van der Waals surface area contributed by atoms with E-state index in [9.17, 15) is 14.9 Å². The second-order valence-corrected chi connectivity index (χ2v) is 4.92. The molecule has 1 fully saturated rings. The number of hydrogen-bond acceptors (Lipinski definition) is 5. The summed E-state index contributed by atoms with van der Waals surface area (Å²) in [6.07, 6.45) is 1.43. The fourth-order valence-electron chi connectivity index (χ4n) is 2.43. The minimum absolute atomic E-state index is 0.0175. The van der Waals surface area contributed by atoms with Crippen molar-refractivity contribution in [3.8, 4) is 0 Å². The van der Waals surface area contributed by atoms with E-state index in [1.54, 1.807) is 24.1 Å². The van der Waals surface area contributed by atoms with Crippen LogP contribution in [0.15, 0.2) is 24.3 Å². The standard InChI is InChI=1S/C14H19N3O4/c1-21-8-3-2-7-16-13(18)10-15-14(16)11-5-4-6-12(9-11)17(19)20/h4-6,9,14-15H,2-3,7-8,10H2,1H3. The maximum absolute atomic E-state index is 11.9. The summed E-state index contributed by atoms with van der Waals surface area (Å²) in [5.74, 6) is 0.0175. The number of unbranched alkanes of at least 4 members (excludes halogenated alkanes) is 1. The number of rotatable bonds is 7. The number of nitro groups is 1. The van der Waals surface area contributed by atoms with Gasteiger partial charge in [0.05, 0.1) is 11.5 Å². The van der Waals surface area contributed by atoms with E-state index in [0.29, 0.717) is 13.2 Å². The first-order chi connectivity index (χ1) is 10.1. The van der Waals surface area contributed by atoms with Gasteiger partial charge < -0.3 is 9.64 Å². The average molecular weight is 293 g/mol. The molecule has 1 atom stereocenters. The van der Waals surface area contributed by atoms with E-state index in [-0.39, 0.29) is 24.3 Å². The molecule has 114 valence electrons. The molecule has 1 aromatic rings. The normalized spacial score (nSPS) is 18.2. The number of hydrogen-bond donors (Lipinski definition) is 1. The van der Waals surface area contributed by atoms with Gasteiger partial charge in [-0.05, 0) is 18.4 Å². The zero-order chi connectivity index (χ0) is 15.2. The third-order valence-electron chi connectivity index (χ3n) is 3.47. The van der Waals surface area contributed by atoms with E-state index >= 15 is 0 Å². The van der Waals surface area contributed by atoms with Gasteiger partial charge in [0.2, 0.25) is 5.91 Å². The van der Waals surface area contributed by atoms with Gasteiger partial charge in [0, 0.05) is 32.4 Å². The second kappa shape index (κ2) is 7.14. The molecule has 1 unspecified atom stereocenters. The van der Waals surface area contributed by atoms with Crippen LogP contribution in [0.3, 0.4) is 0 Å². The molecule has 0 bridgehead atoms. The molecule has 7 heteroatoms. The Bertz CT molecular complexity index is 521. The molecule has 1 N–H and O–H groups in total. The van der Waals surface area contributed by atoms with Gasteiger partial charge in [0.1, 0.15) is 6.17 Å². The number of nitrogens with zero attached hydrogens (tertiary/aromatic N) is 2. The fourth-order valence-corrected chi connectivity index (χ4v) is 2.43. The smallest absolute Gasteiger partial charge is 0.269 e. The Kier molecular flexibility index (Phi) is 5.24. The topological polar surface area (TPSA) is 84.7 Å². The van der Waals surface area contributed by atoms with Crippen LogP contribution in [0, 0.1) is 10.1 Å². The number of carbonyl (C=O) groups excluding carboxylic acids is 1. The van der Waals surface area contributed by atoms with Gasteiger partial charge in [0.15, 0.2) is 0 Å². The van der Waals surface area contributed by atoms with Crippen molar-refractivity contribution in [2.45, 2.75) is 19.0 Å². The van der Waals surface area contributed by atoms with Gasteiger partial charge in [-0.15, -0.1) is 0 Å². The number of methoxy groups -OCH3 is 1. The van der Waals surface area contributed by atoms with Crippen LogP contribution >= 0.6 is 0 Å². The molecule has 1 saturated heterocycles. The second-order valence-electron chi connectivity index (χ2n) is 4.92. The number of non-ortho nitro benzene ring substituents is 1. The third-order valence-corrected chi connectivity index (χ3v) is 3.47. The fraction of sp³-hybridized carbons (Fsp3) is 0.500. The molecule has 0 radical (unpaired) electrons. The third kappa shape index (κ3) is 3.77. The summed E-state index contributed by atoms with van der Waals surface area (Å²) >= 11 is 0. The van der Waals surface area contributed by atoms with E-state index in [4.69, 9.17) is 4.74 Å². The highest BCUT2D eigenvalue weighted by Crippen LogP contribution is 2.25. The maximum atomic E-state index is 11.9. The highest BCUT2D eigenvalue weighted by atomic mass is 16.6. The summed E-state index contributed by atoms with van der Waals surface area (Å²) in [7, 11) is 1.65. The number of amides is 1. The first-order valence-electron chi connectivity index (χ1n) is 6.89. The molecule has 0 aliphatic carbocycles. The summed E-state index contributed by atoms with van der Waals surface area (Å²) < 4.78 is 4.99. The number of nitrogens with one attached hydrogen (secondary N) is 1. The molecule has 21 heavy (non-hydrogen) atoms. The van der Waals surface area contributed by atoms with Crippen LogP contribution < -0.4 is 5.32 Å². The van der Waals surface area contributed by atoms with Crippen molar-refractivity contribution < 1.29 is 14.5 Å². The molecule has 0 spiro atoms. The van der Waals surface area contributed by atoms with E-state index < -0.39 is 4.92 Å². The Morgan fingerprint density at radius 3 is 3.00 bits per heavy atom. The van der Waals surface area contributed by atoms with Crippen molar-refractivity contribution in [2.75, 3.05) is 26.8 Å². The summed E-state index contributed by atoms with van der Waals surface area (Å²) in [6.45, 7) is 1.54. The van der Waals surface area contributed by atoms with Crippen molar-refractivity contribution in [2.24, 2.45) is 0 Å². The number of benzene rings is 1. The number of carbonyl (C=O) groups is 1. The van der Waals surface area contributed by atoms with Crippen LogP contribution in [-0.4, -0.2) is 42.5 Å². The van der Waals surface area contributed by atoms with Crippen LogP contribution in [-0.2, 0) is 9.53 Å². The van der Waals surface area contributed by atoms with Crippen LogP contribution in [0.5, 0.6) is 0 Å². The van der Waals surface area contributed by atoms with E-state index in [1.807, 2.05) is 0 Å². The first-order valence-corrected chi connectivity index (χ1v) is 6.89. The van der Waals surface area contributed by atoms with Crippen LogP contribution in [0.4, 0.5) is 5.69 Å². The quantitative estimate of drug-likeness (QED) is 0.467. The van der Waals surface area contributed by atoms with Gasteiger partial charge in [-0.2, -0.15) is 0 Å². The molecule has 1 amide bonds. The van der Waals surface area contributed by atoms with Crippen molar-refractivity contribution in [1.82, 2.24) is 10.2 Å². The number of nitro benzene ring substituents is 1. The Balaban J connectivity index is 2.08. The molecule has 7 nitrogen and oxygen atoms in total. The summed E-state index contributed by atoms with van der Waals surface area (Å²) in [4.78, 5) is 24.1. The Morgan fingerprint density at radius 2 is 2.29 bits per heavy atom. The monoisotopic (exact) mass is 293 g/mol. The molecule has 0 saturated carbocycles. The lowest BCUT2D eigenvalue weighted by molar-refractivity contribution is -0.385. The Morgan fingerprint density at radius 1 is 1.48 bits per heavy atom. The molecule has 2 rings (SSSR count). The van der Waals surface area contributed by atoms with Gasteiger partial charge in [-0.25, -0.2) is 0 Å². The molecule has 1 aliphatic heterocycles. The molecular weight excluding hydrogens is 274 g/mol. The minimum atomic E-state index is -0.427. The minimum Gasteiger partial charge on any atom is -0.385 e. The van der Waals surface area contributed by atoms with Crippen molar-refractivity contribution in [3.63, 3.8) is 0 Å². The summed E-state index contributed by atoms with van der Waals surface area (Å²) in [5.41, 5.74) is 0.773. The lowest BCUT2D eigenvalue weighted by atomic mass is 10.1. The lowest BCUT2D eigenvalue weighted by Gasteiger charge is -2.24. The van der Waals surface area contributed by atoms with Gasteiger partial charge in [-0.3, -0.25) is 20.2 Å². The Labute approximate surface area is 123 Å². The molecular formula is C14H19N3O4. The summed E-state index contributed by atoms with van der Waals surface area (Å²) in [5, 5.41) is 14.0. The highest BCUT2D eigenvalue weighted by Gasteiger charge is 2.31. The SMILES string of the molecule is COCCCCN1C(=O)CNC1c1cccc([N+](=O)[O-])c1. The largest absolute Gasteiger partial charge is 0.385 e. The predicted octanol–water partition coefficient (Wildman–Crippen LogP) is 1.45. The van der Waals surface area contributed by atoms with Gasteiger partial charge >= 0.3 is 0 Å². The predicted molar refractivity (Wildman–Crippen MR) is 76.7 cm³/mol.